The van der Waals surface area contributed by atoms with Crippen molar-refractivity contribution in [1.82, 2.24) is 4.98 Å². The van der Waals surface area contributed by atoms with Crippen molar-refractivity contribution < 1.29 is 17.2 Å². The first-order valence-corrected chi connectivity index (χ1v) is 5.15. The summed E-state index contributed by atoms with van der Waals surface area (Å²) in [4.78, 5) is 3.14. The zero-order valence-electron chi connectivity index (χ0n) is 7.31. The second kappa shape index (κ2) is 3.59. The van der Waals surface area contributed by atoms with E-state index in [1.165, 1.54) is 0 Å². The largest absolute Gasteiger partial charge is 0.397 e. The SMILES string of the molecule is Nc1cc(S(N)(=O)=O)nc(C(F)F)c1N. The van der Waals surface area contributed by atoms with Gasteiger partial charge in [0.05, 0.1) is 11.4 Å². The minimum atomic E-state index is -4.18. The van der Waals surface area contributed by atoms with Gasteiger partial charge in [-0.25, -0.2) is 27.3 Å². The highest BCUT2D eigenvalue weighted by atomic mass is 32.2. The molecule has 6 N–H and O–H groups in total. The molecule has 1 heterocycles. The van der Waals surface area contributed by atoms with Crippen LogP contribution in [0.2, 0.25) is 0 Å². The quantitative estimate of drug-likeness (QED) is 0.659. The lowest BCUT2D eigenvalue weighted by molar-refractivity contribution is 0.146. The van der Waals surface area contributed by atoms with Gasteiger partial charge in [0, 0.05) is 6.07 Å². The second-order valence-electron chi connectivity index (χ2n) is 2.69. The van der Waals surface area contributed by atoms with Crippen LogP contribution in [0.1, 0.15) is 12.1 Å². The summed E-state index contributed by atoms with van der Waals surface area (Å²) in [5, 5.41) is 3.98. The molecule has 0 spiro atoms. The van der Waals surface area contributed by atoms with Crippen LogP contribution in [0.15, 0.2) is 11.1 Å². The molecule has 0 saturated carbocycles. The number of nitrogen functional groups attached to an aromatic ring is 2. The molecule has 0 radical (unpaired) electrons. The number of rotatable bonds is 2. The smallest absolute Gasteiger partial charge is 0.282 e. The van der Waals surface area contributed by atoms with E-state index in [1.54, 1.807) is 0 Å². The number of halogens is 2. The van der Waals surface area contributed by atoms with Gasteiger partial charge >= 0.3 is 0 Å². The number of pyridine rings is 1. The number of nitrogens with two attached hydrogens (primary N) is 3. The molecule has 6 nitrogen and oxygen atoms in total. The molecule has 1 rings (SSSR count). The Balaban J connectivity index is 3.50. The maximum Gasteiger partial charge on any atom is 0.282 e. The van der Waals surface area contributed by atoms with E-state index < -0.39 is 32.9 Å². The van der Waals surface area contributed by atoms with Gasteiger partial charge in [0.15, 0.2) is 5.03 Å². The van der Waals surface area contributed by atoms with Crippen LogP contribution in [-0.4, -0.2) is 13.4 Å². The van der Waals surface area contributed by atoms with E-state index in [1.807, 2.05) is 0 Å². The molecular weight excluding hydrogens is 230 g/mol. The number of hydrogen-bond donors (Lipinski definition) is 3. The number of nitrogens with zero attached hydrogens (tertiary/aromatic N) is 1. The Morgan fingerprint density at radius 2 is 1.87 bits per heavy atom. The third-order valence-corrected chi connectivity index (χ3v) is 2.39. The fourth-order valence-electron chi connectivity index (χ4n) is 0.882. The van der Waals surface area contributed by atoms with Gasteiger partial charge in [0.2, 0.25) is 0 Å². The van der Waals surface area contributed by atoms with Crippen LogP contribution >= 0.6 is 0 Å². The number of alkyl halides is 2. The molecule has 0 atom stereocenters. The molecule has 0 aromatic carbocycles. The van der Waals surface area contributed by atoms with Gasteiger partial charge in [-0.05, 0) is 0 Å². The molecule has 84 valence electrons. The number of anilines is 2. The standard InChI is InChI=1S/C6H8F2N4O2S/c7-6(8)5-4(10)2(9)1-3(12-5)15(11,13)14/h1,6H,10H2,(H2,9,12)(H2,11,13,14). The zero-order chi connectivity index (χ0) is 11.8. The van der Waals surface area contributed by atoms with Crippen LogP contribution in [0.4, 0.5) is 20.2 Å². The predicted octanol–water partition coefficient (Wildman–Crippen LogP) is -0.169. The number of sulfonamides is 1. The lowest BCUT2D eigenvalue weighted by atomic mass is 10.2. The summed E-state index contributed by atoms with van der Waals surface area (Å²) in [5.74, 6) is 0. The third kappa shape index (κ3) is 2.30. The summed E-state index contributed by atoms with van der Waals surface area (Å²) < 4.78 is 46.4. The zero-order valence-corrected chi connectivity index (χ0v) is 8.13. The van der Waals surface area contributed by atoms with Crippen molar-refractivity contribution in [2.24, 2.45) is 5.14 Å². The van der Waals surface area contributed by atoms with Gasteiger partial charge in [0.25, 0.3) is 16.4 Å². The van der Waals surface area contributed by atoms with Crippen molar-refractivity contribution in [2.45, 2.75) is 11.5 Å². The normalized spacial score (nSPS) is 12.0. The predicted molar refractivity (Wildman–Crippen MR) is 49.4 cm³/mol. The van der Waals surface area contributed by atoms with E-state index in [4.69, 9.17) is 16.6 Å². The molecule has 0 aliphatic rings. The van der Waals surface area contributed by atoms with Crippen LogP contribution in [0.3, 0.4) is 0 Å². The van der Waals surface area contributed by atoms with E-state index in [0.717, 1.165) is 6.07 Å². The summed E-state index contributed by atoms with van der Waals surface area (Å²) in [6, 6.07) is 0.830. The van der Waals surface area contributed by atoms with E-state index in [9.17, 15) is 17.2 Å². The molecule has 9 heteroatoms. The molecule has 1 aromatic rings. The molecule has 0 aliphatic heterocycles. The van der Waals surface area contributed by atoms with Crippen molar-refractivity contribution in [1.29, 1.82) is 0 Å². The van der Waals surface area contributed by atoms with Crippen LogP contribution in [0.25, 0.3) is 0 Å². The lowest BCUT2D eigenvalue weighted by Crippen LogP contribution is -2.16. The summed E-state index contributed by atoms with van der Waals surface area (Å²) in [5.41, 5.74) is 8.79. The maximum absolute atomic E-state index is 12.3. The molecule has 0 unspecified atom stereocenters. The van der Waals surface area contributed by atoms with E-state index in [2.05, 4.69) is 4.98 Å². The van der Waals surface area contributed by atoms with Crippen LogP contribution < -0.4 is 16.6 Å². The average molecular weight is 238 g/mol. The fraction of sp³-hybridized carbons (Fsp3) is 0.167. The van der Waals surface area contributed by atoms with Crippen molar-refractivity contribution >= 4 is 21.4 Å². The monoisotopic (exact) mass is 238 g/mol. The van der Waals surface area contributed by atoms with Crippen molar-refractivity contribution in [2.75, 3.05) is 11.5 Å². The number of primary sulfonamides is 1. The van der Waals surface area contributed by atoms with Gasteiger partial charge in [-0.3, -0.25) is 0 Å². The molecule has 0 amide bonds. The Kier molecular flexibility index (Phi) is 2.77. The first-order valence-electron chi connectivity index (χ1n) is 3.60. The third-order valence-electron chi connectivity index (χ3n) is 1.59. The average Bonchev–Trinajstić information content (AvgIpc) is 2.06. The van der Waals surface area contributed by atoms with E-state index in [-0.39, 0.29) is 5.69 Å². The molecule has 0 bridgehead atoms. The Morgan fingerprint density at radius 1 is 1.33 bits per heavy atom. The van der Waals surface area contributed by atoms with Crippen molar-refractivity contribution in [3.05, 3.63) is 11.8 Å². The molecule has 0 saturated heterocycles. The lowest BCUT2D eigenvalue weighted by Gasteiger charge is -2.08. The number of hydrogen-bond acceptors (Lipinski definition) is 5. The molecule has 15 heavy (non-hydrogen) atoms. The van der Waals surface area contributed by atoms with Gasteiger partial charge in [-0.1, -0.05) is 0 Å². The Morgan fingerprint density at radius 3 is 2.27 bits per heavy atom. The summed E-state index contributed by atoms with van der Waals surface area (Å²) in [6.07, 6.45) is -3.02. The second-order valence-corrected chi connectivity index (χ2v) is 4.20. The molecular formula is C6H8F2N4O2S. The van der Waals surface area contributed by atoms with Crippen molar-refractivity contribution in [3.63, 3.8) is 0 Å². The van der Waals surface area contributed by atoms with Crippen molar-refractivity contribution in [3.8, 4) is 0 Å². The Hall–Kier alpha value is -1.48. The van der Waals surface area contributed by atoms with Crippen LogP contribution in [-0.2, 0) is 10.0 Å². The fourth-order valence-corrected chi connectivity index (χ4v) is 1.40. The molecule has 1 aromatic heterocycles. The van der Waals surface area contributed by atoms with Gasteiger partial charge < -0.3 is 11.5 Å². The summed E-state index contributed by atoms with van der Waals surface area (Å²) in [7, 11) is -4.18. The minimum Gasteiger partial charge on any atom is -0.397 e. The first-order chi connectivity index (χ1) is 6.73. The van der Waals surface area contributed by atoms with Crippen LogP contribution in [0.5, 0.6) is 0 Å². The highest BCUT2D eigenvalue weighted by Crippen LogP contribution is 2.28. The highest BCUT2D eigenvalue weighted by molar-refractivity contribution is 7.89. The summed E-state index contributed by atoms with van der Waals surface area (Å²) >= 11 is 0. The first kappa shape index (κ1) is 11.6. The van der Waals surface area contributed by atoms with Gasteiger partial charge in [-0.2, -0.15) is 0 Å². The molecule has 0 fully saturated rings. The Labute approximate surface area is 84.1 Å². The highest BCUT2D eigenvalue weighted by Gasteiger charge is 2.20. The van der Waals surface area contributed by atoms with E-state index >= 15 is 0 Å². The topological polar surface area (TPSA) is 125 Å². The Bertz CT molecular complexity index is 488. The maximum atomic E-state index is 12.3. The van der Waals surface area contributed by atoms with E-state index in [0.29, 0.717) is 0 Å². The van der Waals surface area contributed by atoms with Gasteiger partial charge in [0.1, 0.15) is 5.69 Å². The molecule has 0 aliphatic carbocycles. The summed E-state index contributed by atoms with van der Waals surface area (Å²) in [6.45, 7) is 0. The minimum absolute atomic E-state index is 0.302. The number of aromatic nitrogens is 1. The van der Waals surface area contributed by atoms with Gasteiger partial charge in [-0.15, -0.1) is 0 Å². The van der Waals surface area contributed by atoms with Crippen LogP contribution in [0, 0.1) is 0 Å².